The second-order valence-corrected chi connectivity index (χ2v) is 8.17. The highest BCUT2D eigenvalue weighted by Gasteiger charge is 2.36. The van der Waals surface area contributed by atoms with Gasteiger partial charge in [-0.2, -0.15) is 5.10 Å². The quantitative estimate of drug-likeness (QED) is 0.377. The molecular formula is C24H22N4O4. The molecule has 2 aromatic carbocycles. The van der Waals surface area contributed by atoms with E-state index in [4.69, 9.17) is 4.74 Å². The van der Waals surface area contributed by atoms with Gasteiger partial charge in [-0.1, -0.05) is 36.4 Å². The number of aromatic amines is 1. The summed E-state index contributed by atoms with van der Waals surface area (Å²) in [6, 6.07) is 16.0. The van der Waals surface area contributed by atoms with Crippen LogP contribution in [0.4, 0.5) is 5.69 Å². The van der Waals surface area contributed by atoms with E-state index in [1.807, 2.05) is 12.1 Å². The molecule has 0 spiro atoms. The molecule has 3 aromatic rings. The van der Waals surface area contributed by atoms with Gasteiger partial charge in [0.05, 0.1) is 5.52 Å². The Kier molecular flexibility index (Phi) is 5.36. The van der Waals surface area contributed by atoms with Crippen LogP contribution in [0.1, 0.15) is 26.5 Å². The molecule has 32 heavy (non-hydrogen) atoms. The molecule has 0 unspecified atom stereocenters. The highest BCUT2D eigenvalue weighted by atomic mass is 16.6. The third kappa shape index (κ3) is 4.02. The van der Waals surface area contributed by atoms with Gasteiger partial charge >= 0.3 is 5.97 Å². The average molecular weight is 430 g/mol. The van der Waals surface area contributed by atoms with Crippen molar-refractivity contribution in [3.05, 3.63) is 78.3 Å². The molecule has 0 radical (unpaired) electrons. The fourth-order valence-electron chi connectivity index (χ4n) is 3.36. The molecule has 2 N–H and O–H groups in total. The van der Waals surface area contributed by atoms with Gasteiger partial charge in [-0.3, -0.25) is 19.6 Å². The molecule has 0 aliphatic carbocycles. The molecule has 0 bridgehead atoms. The second kappa shape index (κ2) is 8.14. The van der Waals surface area contributed by atoms with Gasteiger partial charge in [-0.05, 0) is 39.0 Å². The first-order valence-corrected chi connectivity index (χ1v) is 10.0. The predicted octanol–water partition coefficient (Wildman–Crippen LogP) is 3.29. The number of rotatable bonds is 3. The molecule has 0 saturated heterocycles. The lowest BCUT2D eigenvalue weighted by molar-refractivity contribution is -0.147. The molecule has 0 atom stereocenters. The van der Waals surface area contributed by atoms with Gasteiger partial charge in [0, 0.05) is 23.5 Å². The average Bonchev–Trinajstić information content (AvgIpc) is 3.11. The first-order chi connectivity index (χ1) is 15.3. The normalized spacial score (nSPS) is 16.0. The molecular weight excluding hydrogens is 408 g/mol. The number of hydrogen-bond donors (Lipinski definition) is 2. The number of carbonyl (C=O) groups is 3. The van der Waals surface area contributed by atoms with Crippen LogP contribution in [0.2, 0.25) is 0 Å². The topological polar surface area (TPSA) is 104 Å². The summed E-state index contributed by atoms with van der Waals surface area (Å²) in [6.45, 7) is 5.13. The third-order valence-electron chi connectivity index (χ3n) is 4.69. The summed E-state index contributed by atoms with van der Waals surface area (Å²) in [6.07, 6.45) is 2.80. The van der Waals surface area contributed by atoms with Crippen molar-refractivity contribution in [3.63, 3.8) is 0 Å². The number of anilines is 1. The van der Waals surface area contributed by atoms with E-state index >= 15 is 0 Å². The maximum absolute atomic E-state index is 13.6. The van der Waals surface area contributed by atoms with Crippen LogP contribution in [0.3, 0.4) is 0 Å². The summed E-state index contributed by atoms with van der Waals surface area (Å²) >= 11 is 0. The van der Waals surface area contributed by atoms with Crippen molar-refractivity contribution in [2.75, 3.05) is 4.90 Å². The van der Waals surface area contributed by atoms with Gasteiger partial charge in [0.2, 0.25) is 0 Å². The van der Waals surface area contributed by atoms with Crippen LogP contribution >= 0.6 is 0 Å². The van der Waals surface area contributed by atoms with Gasteiger partial charge in [0.25, 0.3) is 11.8 Å². The minimum Gasteiger partial charge on any atom is -0.456 e. The zero-order chi connectivity index (χ0) is 22.9. The largest absolute Gasteiger partial charge is 0.456 e. The number of hydrogen-bond acceptors (Lipinski definition) is 5. The lowest BCUT2D eigenvalue weighted by Crippen LogP contribution is -2.34. The number of nitrogens with one attached hydrogen (secondary N) is 2. The molecule has 8 heteroatoms. The molecule has 4 rings (SSSR count). The SMILES string of the molecule is CC(C)(C)OC(=O)C(=C1C(=O)NC=CN(c2ccccc2)C1=O)c1n[nH]c2ccccc12. The van der Waals surface area contributed by atoms with E-state index in [9.17, 15) is 14.4 Å². The Morgan fingerprint density at radius 1 is 1.00 bits per heavy atom. The molecule has 8 nitrogen and oxygen atoms in total. The lowest BCUT2D eigenvalue weighted by Gasteiger charge is -2.22. The molecule has 0 saturated carbocycles. The molecule has 1 aliphatic heterocycles. The summed E-state index contributed by atoms with van der Waals surface area (Å²) in [4.78, 5) is 41.3. The number of carbonyl (C=O) groups excluding carboxylic acids is 3. The van der Waals surface area contributed by atoms with Crippen molar-refractivity contribution in [1.82, 2.24) is 15.5 Å². The minimum atomic E-state index is -0.851. The smallest absolute Gasteiger partial charge is 0.341 e. The molecule has 2 amide bonds. The van der Waals surface area contributed by atoms with Gasteiger partial charge in [-0.15, -0.1) is 0 Å². The van der Waals surface area contributed by atoms with Crippen LogP contribution in [0.5, 0.6) is 0 Å². The third-order valence-corrected chi connectivity index (χ3v) is 4.69. The number of fused-ring (bicyclic) bond motifs is 1. The highest BCUT2D eigenvalue weighted by molar-refractivity contribution is 6.38. The Morgan fingerprint density at radius 3 is 2.41 bits per heavy atom. The number of amides is 2. The van der Waals surface area contributed by atoms with Gasteiger partial charge < -0.3 is 10.1 Å². The van der Waals surface area contributed by atoms with Crippen LogP contribution in [-0.4, -0.2) is 33.6 Å². The van der Waals surface area contributed by atoms with E-state index in [1.165, 1.54) is 17.3 Å². The van der Waals surface area contributed by atoms with E-state index in [1.54, 1.807) is 63.2 Å². The summed E-state index contributed by atoms with van der Waals surface area (Å²) in [7, 11) is 0. The number of ether oxygens (including phenoxy) is 1. The summed E-state index contributed by atoms with van der Waals surface area (Å²) in [5.41, 5.74) is -0.0450. The Bertz CT molecular complexity index is 1270. The fourth-order valence-corrected chi connectivity index (χ4v) is 3.36. The zero-order valence-electron chi connectivity index (χ0n) is 17.9. The predicted molar refractivity (Wildman–Crippen MR) is 120 cm³/mol. The summed E-state index contributed by atoms with van der Waals surface area (Å²) in [5, 5.41) is 10.2. The molecule has 1 aliphatic rings. The number of para-hydroxylation sites is 2. The first-order valence-electron chi connectivity index (χ1n) is 10.0. The summed E-state index contributed by atoms with van der Waals surface area (Å²) in [5.74, 6) is -2.21. The van der Waals surface area contributed by atoms with Crippen LogP contribution in [0.25, 0.3) is 16.5 Å². The molecule has 0 fully saturated rings. The summed E-state index contributed by atoms with van der Waals surface area (Å²) < 4.78 is 5.58. The maximum Gasteiger partial charge on any atom is 0.341 e. The number of H-pyrrole nitrogens is 1. The number of esters is 1. The van der Waals surface area contributed by atoms with Crippen molar-refractivity contribution < 1.29 is 19.1 Å². The van der Waals surface area contributed by atoms with Crippen LogP contribution < -0.4 is 10.2 Å². The Morgan fingerprint density at radius 2 is 1.69 bits per heavy atom. The Balaban J connectivity index is 1.96. The van der Waals surface area contributed by atoms with Gasteiger partial charge in [0.15, 0.2) is 0 Å². The first kappa shape index (κ1) is 21.0. The zero-order valence-corrected chi connectivity index (χ0v) is 17.9. The van der Waals surface area contributed by atoms with Crippen LogP contribution in [-0.2, 0) is 19.1 Å². The molecule has 1 aromatic heterocycles. The minimum absolute atomic E-state index is 0.170. The van der Waals surface area contributed by atoms with Crippen molar-refractivity contribution in [1.29, 1.82) is 0 Å². The lowest BCUT2D eigenvalue weighted by atomic mass is 9.99. The van der Waals surface area contributed by atoms with Crippen LogP contribution in [0, 0.1) is 0 Å². The maximum atomic E-state index is 13.6. The van der Waals surface area contributed by atoms with Crippen molar-refractivity contribution in [3.8, 4) is 0 Å². The van der Waals surface area contributed by atoms with Crippen LogP contribution in [0.15, 0.2) is 72.6 Å². The van der Waals surface area contributed by atoms with E-state index in [0.717, 1.165) is 0 Å². The second-order valence-electron chi connectivity index (χ2n) is 8.17. The Labute approximate surface area is 184 Å². The van der Waals surface area contributed by atoms with Crippen molar-refractivity contribution in [2.24, 2.45) is 0 Å². The van der Waals surface area contributed by atoms with Gasteiger partial charge in [-0.25, -0.2) is 4.79 Å². The van der Waals surface area contributed by atoms with E-state index in [0.29, 0.717) is 16.6 Å². The fraction of sp³-hybridized carbons (Fsp3) is 0.167. The van der Waals surface area contributed by atoms with E-state index < -0.39 is 23.4 Å². The van der Waals surface area contributed by atoms with Gasteiger partial charge in [0.1, 0.15) is 22.4 Å². The highest BCUT2D eigenvalue weighted by Crippen LogP contribution is 2.30. The number of benzene rings is 2. The van der Waals surface area contributed by atoms with E-state index in [-0.39, 0.29) is 16.8 Å². The Hall–Kier alpha value is -4.20. The van der Waals surface area contributed by atoms with E-state index in [2.05, 4.69) is 15.5 Å². The van der Waals surface area contributed by atoms with Crippen molar-refractivity contribution in [2.45, 2.75) is 26.4 Å². The number of aromatic nitrogens is 2. The molecule has 162 valence electrons. The monoisotopic (exact) mass is 430 g/mol. The number of nitrogens with zero attached hydrogens (tertiary/aromatic N) is 2. The van der Waals surface area contributed by atoms with Crippen molar-refractivity contribution >= 4 is 39.9 Å². The molecule has 2 heterocycles. The standard InChI is InChI=1S/C24H22N4O4/c1-24(2,3)32-23(31)18(20-16-11-7-8-12-17(16)26-27-20)19-21(29)25-13-14-28(22(19)30)15-9-5-4-6-10-15/h4-14H,1-3H3,(H,25,29)(H,26,27).